The van der Waals surface area contributed by atoms with Crippen molar-refractivity contribution in [3.8, 4) is 0 Å². The van der Waals surface area contributed by atoms with E-state index in [1.54, 1.807) is 0 Å². The Labute approximate surface area is 107 Å². The fourth-order valence-corrected chi connectivity index (χ4v) is 2.96. The largest absolute Gasteiger partial charge is 0.327 e. The highest BCUT2D eigenvalue weighted by molar-refractivity contribution is 6.33. The first-order valence-corrected chi connectivity index (χ1v) is 6.64. The minimum absolute atomic E-state index is 0.221. The van der Waals surface area contributed by atoms with Gasteiger partial charge in [-0.25, -0.2) is 0 Å². The molecule has 3 heteroatoms. The van der Waals surface area contributed by atoms with E-state index in [-0.39, 0.29) is 6.04 Å². The molecule has 1 aliphatic rings. The van der Waals surface area contributed by atoms with E-state index < -0.39 is 0 Å². The third-order valence-corrected chi connectivity index (χ3v) is 4.01. The van der Waals surface area contributed by atoms with Crippen molar-refractivity contribution in [3.05, 3.63) is 33.8 Å². The lowest BCUT2D eigenvalue weighted by Crippen LogP contribution is -2.27. The maximum Gasteiger partial charge on any atom is 0.0442 e. The van der Waals surface area contributed by atoms with Gasteiger partial charge in [0.2, 0.25) is 0 Å². The van der Waals surface area contributed by atoms with Gasteiger partial charge in [0, 0.05) is 22.0 Å². The van der Waals surface area contributed by atoms with Gasteiger partial charge in [0.05, 0.1) is 0 Å². The molecule has 1 fully saturated rings. The molecule has 1 nitrogen and oxygen atoms in total. The summed E-state index contributed by atoms with van der Waals surface area (Å²) in [5, 5.41) is 1.54. The van der Waals surface area contributed by atoms with E-state index in [4.69, 9.17) is 28.9 Å². The highest BCUT2D eigenvalue weighted by Crippen LogP contribution is 2.36. The molecule has 88 valence electrons. The molecule has 0 unspecified atom stereocenters. The van der Waals surface area contributed by atoms with E-state index in [9.17, 15) is 0 Å². The summed E-state index contributed by atoms with van der Waals surface area (Å²) in [6.45, 7) is 0. The molecule has 1 aromatic carbocycles. The van der Waals surface area contributed by atoms with Crippen molar-refractivity contribution in [2.75, 3.05) is 0 Å². The molecule has 1 saturated carbocycles. The van der Waals surface area contributed by atoms with Gasteiger partial charge in [0.1, 0.15) is 0 Å². The average Bonchev–Trinajstić information content (AvgIpc) is 2.47. The Balaban J connectivity index is 2.29. The quantitative estimate of drug-likeness (QED) is 0.744. The molecular weight excluding hydrogens is 241 g/mol. The Morgan fingerprint density at radius 1 is 1.06 bits per heavy atom. The van der Waals surface area contributed by atoms with Crippen molar-refractivity contribution < 1.29 is 0 Å². The maximum absolute atomic E-state index is 6.23. The molecule has 2 rings (SSSR count). The van der Waals surface area contributed by atoms with Crippen LogP contribution >= 0.6 is 23.2 Å². The Kier molecular flexibility index (Phi) is 4.12. The summed E-state index contributed by atoms with van der Waals surface area (Å²) in [4.78, 5) is 0. The zero-order valence-electron chi connectivity index (χ0n) is 9.26. The van der Waals surface area contributed by atoms with Gasteiger partial charge >= 0.3 is 0 Å². The molecule has 0 heterocycles. The topological polar surface area (TPSA) is 26.0 Å². The molecule has 0 bridgehead atoms. The molecule has 0 aromatic heterocycles. The average molecular weight is 258 g/mol. The summed E-state index contributed by atoms with van der Waals surface area (Å²) in [6.07, 6.45) is 5.97. The first-order chi connectivity index (χ1) is 7.68. The second kappa shape index (κ2) is 5.39. The van der Waals surface area contributed by atoms with Crippen LogP contribution in [-0.4, -0.2) is 6.04 Å². The van der Waals surface area contributed by atoms with Crippen LogP contribution < -0.4 is 5.73 Å². The molecule has 2 N–H and O–H groups in total. The first kappa shape index (κ1) is 12.2. The zero-order valence-corrected chi connectivity index (χ0v) is 10.8. The van der Waals surface area contributed by atoms with Gasteiger partial charge in [-0.1, -0.05) is 42.5 Å². The molecule has 0 spiro atoms. The summed E-state index contributed by atoms with van der Waals surface area (Å²) in [5.41, 5.74) is 7.36. The molecule has 0 radical (unpaired) electrons. The predicted molar refractivity (Wildman–Crippen MR) is 70.3 cm³/mol. The number of benzene rings is 1. The van der Waals surface area contributed by atoms with Crippen LogP contribution in [0.25, 0.3) is 0 Å². The standard InChI is InChI=1S/C13H17Cl2N/c14-9-6-7-12(15)11(8-9)10-4-2-1-3-5-13(10)16/h6-8,10,13H,1-5,16H2/t10-,13-/m1/s1. The number of rotatable bonds is 1. The second-order valence-electron chi connectivity index (χ2n) is 4.57. The van der Waals surface area contributed by atoms with Crippen LogP contribution in [0, 0.1) is 0 Å². The summed E-state index contributed by atoms with van der Waals surface area (Å²) in [6, 6.07) is 5.89. The van der Waals surface area contributed by atoms with Crippen LogP contribution in [0.1, 0.15) is 43.6 Å². The van der Waals surface area contributed by atoms with Gasteiger partial charge in [0.15, 0.2) is 0 Å². The molecule has 1 aromatic rings. The number of hydrogen-bond donors (Lipinski definition) is 1. The van der Waals surface area contributed by atoms with Gasteiger partial charge < -0.3 is 5.73 Å². The molecular formula is C13H17Cl2N. The fraction of sp³-hybridized carbons (Fsp3) is 0.538. The van der Waals surface area contributed by atoms with E-state index in [1.165, 1.54) is 19.3 Å². The molecule has 2 atom stereocenters. The molecule has 16 heavy (non-hydrogen) atoms. The second-order valence-corrected chi connectivity index (χ2v) is 5.42. The van der Waals surface area contributed by atoms with Crippen LogP contribution in [0.15, 0.2) is 18.2 Å². The molecule has 0 saturated heterocycles. The van der Waals surface area contributed by atoms with E-state index in [2.05, 4.69) is 0 Å². The first-order valence-electron chi connectivity index (χ1n) is 5.89. The van der Waals surface area contributed by atoms with Crippen LogP contribution in [0.5, 0.6) is 0 Å². The Hall–Kier alpha value is -0.240. The van der Waals surface area contributed by atoms with Gasteiger partial charge in [0.25, 0.3) is 0 Å². The predicted octanol–water partition coefficient (Wildman–Crippen LogP) is 4.37. The SMILES string of the molecule is N[C@@H]1CCCCC[C@@H]1c1cc(Cl)ccc1Cl. The Bertz CT molecular complexity index is 365. The van der Waals surface area contributed by atoms with E-state index in [1.807, 2.05) is 18.2 Å². The van der Waals surface area contributed by atoms with Crippen LogP contribution in [-0.2, 0) is 0 Å². The Morgan fingerprint density at radius 3 is 2.62 bits per heavy atom. The lowest BCUT2D eigenvalue weighted by molar-refractivity contribution is 0.505. The zero-order chi connectivity index (χ0) is 11.5. The van der Waals surface area contributed by atoms with E-state index in [0.717, 1.165) is 28.5 Å². The van der Waals surface area contributed by atoms with Crippen molar-refractivity contribution in [1.29, 1.82) is 0 Å². The van der Waals surface area contributed by atoms with Crippen LogP contribution in [0.3, 0.4) is 0 Å². The Morgan fingerprint density at radius 2 is 1.81 bits per heavy atom. The van der Waals surface area contributed by atoms with Crippen molar-refractivity contribution in [2.45, 2.75) is 44.1 Å². The number of halogens is 2. The maximum atomic E-state index is 6.23. The van der Waals surface area contributed by atoms with Crippen molar-refractivity contribution in [1.82, 2.24) is 0 Å². The summed E-state index contributed by atoms with van der Waals surface area (Å²) < 4.78 is 0. The molecule has 0 amide bonds. The third-order valence-electron chi connectivity index (χ3n) is 3.43. The normalized spacial score (nSPS) is 26.4. The van der Waals surface area contributed by atoms with Gasteiger partial charge in [-0.05, 0) is 36.6 Å². The monoisotopic (exact) mass is 257 g/mol. The summed E-state index contributed by atoms with van der Waals surface area (Å²) in [5.74, 6) is 0.369. The van der Waals surface area contributed by atoms with Gasteiger partial charge in [-0.15, -0.1) is 0 Å². The van der Waals surface area contributed by atoms with Crippen molar-refractivity contribution >= 4 is 23.2 Å². The van der Waals surface area contributed by atoms with E-state index in [0.29, 0.717) is 5.92 Å². The van der Waals surface area contributed by atoms with Gasteiger partial charge in [-0.2, -0.15) is 0 Å². The van der Waals surface area contributed by atoms with Crippen molar-refractivity contribution in [2.24, 2.45) is 5.73 Å². The molecule has 0 aliphatic heterocycles. The lowest BCUT2D eigenvalue weighted by atomic mass is 9.88. The van der Waals surface area contributed by atoms with Crippen LogP contribution in [0.4, 0.5) is 0 Å². The molecule has 1 aliphatic carbocycles. The smallest absolute Gasteiger partial charge is 0.0442 e. The minimum Gasteiger partial charge on any atom is -0.327 e. The van der Waals surface area contributed by atoms with E-state index >= 15 is 0 Å². The number of hydrogen-bond acceptors (Lipinski definition) is 1. The lowest BCUT2D eigenvalue weighted by Gasteiger charge is -2.23. The highest BCUT2D eigenvalue weighted by atomic mass is 35.5. The summed E-state index contributed by atoms with van der Waals surface area (Å²) in [7, 11) is 0. The van der Waals surface area contributed by atoms with Crippen molar-refractivity contribution in [3.63, 3.8) is 0 Å². The fourth-order valence-electron chi connectivity index (χ4n) is 2.52. The number of nitrogens with two attached hydrogens (primary N) is 1. The minimum atomic E-state index is 0.221. The highest BCUT2D eigenvalue weighted by Gasteiger charge is 2.23. The third kappa shape index (κ3) is 2.71. The van der Waals surface area contributed by atoms with Crippen LogP contribution in [0.2, 0.25) is 10.0 Å². The summed E-state index contributed by atoms with van der Waals surface area (Å²) >= 11 is 12.3. The van der Waals surface area contributed by atoms with Gasteiger partial charge in [-0.3, -0.25) is 0 Å².